The highest BCUT2D eigenvalue weighted by atomic mass is 35.7. The van der Waals surface area contributed by atoms with Crippen molar-refractivity contribution in [2.45, 2.75) is 5.75 Å². The van der Waals surface area contributed by atoms with Gasteiger partial charge in [0.15, 0.2) is 0 Å². The first kappa shape index (κ1) is 9.41. The lowest BCUT2D eigenvalue weighted by atomic mass is 10.4. The molecule has 3 nitrogen and oxygen atoms in total. The fraction of sp³-hybridized carbons (Fsp3) is 0.167. The predicted octanol–water partition coefficient (Wildman–Crippen LogP) is 1.29. The average Bonchev–Trinajstić information content (AvgIpc) is 1.82. The van der Waals surface area contributed by atoms with Gasteiger partial charge in [-0.3, -0.25) is 4.98 Å². The fourth-order valence-corrected chi connectivity index (χ4v) is 1.55. The van der Waals surface area contributed by atoms with Gasteiger partial charge < -0.3 is 0 Å². The predicted molar refractivity (Wildman–Crippen MR) is 42.7 cm³/mol. The van der Waals surface area contributed by atoms with Gasteiger partial charge >= 0.3 is 0 Å². The molecular formula is C6H5ClFNO2S. The van der Waals surface area contributed by atoms with E-state index in [-0.39, 0.29) is 5.69 Å². The van der Waals surface area contributed by atoms with Crippen LogP contribution in [0.5, 0.6) is 0 Å². The first-order valence-corrected chi connectivity index (χ1v) is 5.48. The number of pyridine rings is 1. The summed E-state index contributed by atoms with van der Waals surface area (Å²) in [5, 5.41) is 0. The van der Waals surface area contributed by atoms with E-state index in [1.807, 2.05) is 0 Å². The van der Waals surface area contributed by atoms with Crippen LogP contribution in [0.2, 0.25) is 0 Å². The van der Waals surface area contributed by atoms with Gasteiger partial charge in [0.05, 0.1) is 5.69 Å². The van der Waals surface area contributed by atoms with Crippen molar-refractivity contribution in [1.29, 1.82) is 0 Å². The van der Waals surface area contributed by atoms with Crippen molar-refractivity contribution in [3.63, 3.8) is 0 Å². The number of nitrogens with zero attached hydrogens (tertiary/aromatic N) is 1. The SMILES string of the molecule is O=S(=O)(Cl)Cc1cc(F)ccn1. The lowest BCUT2D eigenvalue weighted by Crippen LogP contribution is -1.97. The highest BCUT2D eigenvalue weighted by molar-refractivity contribution is 8.13. The second-order valence-corrected chi connectivity index (χ2v) is 4.93. The maximum absolute atomic E-state index is 12.5. The van der Waals surface area contributed by atoms with E-state index >= 15 is 0 Å². The van der Waals surface area contributed by atoms with Crippen molar-refractivity contribution < 1.29 is 12.8 Å². The standard InChI is InChI=1S/C6H5ClFNO2S/c7-12(10,11)4-6-3-5(8)1-2-9-6/h1-3H,4H2. The summed E-state index contributed by atoms with van der Waals surface area (Å²) in [7, 11) is 1.28. The van der Waals surface area contributed by atoms with Crippen LogP contribution in [-0.4, -0.2) is 13.4 Å². The number of halogens is 2. The molecule has 12 heavy (non-hydrogen) atoms. The zero-order chi connectivity index (χ0) is 9.19. The monoisotopic (exact) mass is 209 g/mol. The molecule has 6 heteroatoms. The number of aromatic nitrogens is 1. The molecule has 0 bridgehead atoms. The summed E-state index contributed by atoms with van der Waals surface area (Å²) < 4.78 is 33.5. The second kappa shape index (κ2) is 3.37. The summed E-state index contributed by atoms with van der Waals surface area (Å²) in [4.78, 5) is 3.62. The summed E-state index contributed by atoms with van der Waals surface area (Å²) in [6.07, 6.45) is 1.19. The maximum atomic E-state index is 12.5. The Morgan fingerprint density at radius 1 is 1.58 bits per heavy atom. The fourth-order valence-electron chi connectivity index (χ4n) is 0.704. The van der Waals surface area contributed by atoms with Crippen molar-refractivity contribution in [2.24, 2.45) is 0 Å². The molecule has 0 atom stereocenters. The largest absolute Gasteiger partial charge is 0.260 e. The first-order chi connectivity index (χ1) is 5.47. The van der Waals surface area contributed by atoms with Gasteiger partial charge in [-0.15, -0.1) is 0 Å². The summed E-state index contributed by atoms with van der Waals surface area (Å²) >= 11 is 0. The molecule has 0 saturated carbocycles. The lowest BCUT2D eigenvalue weighted by molar-refractivity contribution is 0.606. The third-order valence-corrected chi connectivity index (χ3v) is 2.07. The van der Waals surface area contributed by atoms with Crippen LogP contribution < -0.4 is 0 Å². The molecule has 0 amide bonds. The second-order valence-electron chi connectivity index (χ2n) is 2.15. The molecule has 0 aromatic carbocycles. The van der Waals surface area contributed by atoms with E-state index in [1.54, 1.807) is 0 Å². The molecule has 0 N–H and O–H groups in total. The Bertz CT molecular complexity index is 379. The minimum Gasteiger partial charge on any atom is -0.260 e. The van der Waals surface area contributed by atoms with Crippen LogP contribution in [0.15, 0.2) is 18.3 Å². The molecule has 66 valence electrons. The summed E-state index contributed by atoms with van der Waals surface area (Å²) in [6.45, 7) is 0. The Balaban J connectivity index is 2.91. The van der Waals surface area contributed by atoms with E-state index in [2.05, 4.69) is 4.98 Å². The maximum Gasteiger partial charge on any atom is 0.238 e. The number of hydrogen-bond donors (Lipinski definition) is 0. The third kappa shape index (κ3) is 3.15. The van der Waals surface area contributed by atoms with Crippen molar-refractivity contribution in [3.05, 3.63) is 29.8 Å². The van der Waals surface area contributed by atoms with Crippen LogP contribution in [0.25, 0.3) is 0 Å². The lowest BCUT2D eigenvalue weighted by Gasteiger charge is -1.95. The van der Waals surface area contributed by atoms with Gasteiger partial charge in [-0.2, -0.15) is 0 Å². The van der Waals surface area contributed by atoms with Crippen LogP contribution in [0, 0.1) is 5.82 Å². The highest BCUT2D eigenvalue weighted by Gasteiger charge is 2.08. The smallest absolute Gasteiger partial charge is 0.238 e. The molecule has 0 saturated heterocycles. The Morgan fingerprint density at radius 3 is 2.75 bits per heavy atom. The molecule has 1 rings (SSSR count). The van der Waals surface area contributed by atoms with Gasteiger partial charge in [-0.1, -0.05) is 0 Å². The zero-order valence-electron chi connectivity index (χ0n) is 5.87. The molecule has 0 aliphatic carbocycles. The first-order valence-electron chi connectivity index (χ1n) is 3.00. The summed E-state index contributed by atoms with van der Waals surface area (Å²) in [6, 6.07) is 2.16. The van der Waals surface area contributed by atoms with Gasteiger partial charge in [0, 0.05) is 16.9 Å². The Labute approximate surface area is 73.6 Å². The van der Waals surface area contributed by atoms with E-state index in [1.165, 1.54) is 6.20 Å². The molecular weight excluding hydrogens is 205 g/mol. The van der Waals surface area contributed by atoms with E-state index in [0.717, 1.165) is 12.1 Å². The summed E-state index contributed by atoms with van der Waals surface area (Å²) in [5.74, 6) is -0.980. The zero-order valence-corrected chi connectivity index (χ0v) is 7.44. The van der Waals surface area contributed by atoms with Crippen molar-refractivity contribution >= 4 is 19.7 Å². The van der Waals surface area contributed by atoms with Crippen LogP contribution in [0.3, 0.4) is 0 Å². The minimum atomic E-state index is -3.65. The molecule has 1 aromatic heterocycles. The molecule has 0 spiro atoms. The summed E-state index contributed by atoms with van der Waals surface area (Å²) in [5.41, 5.74) is 0.102. The molecule has 1 aromatic rings. The Hall–Kier alpha value is -0.680. The molecule has 0 aliphatic heterocycles. The van der Waals surface area contributed by atoms with Gasteiger partial charge in [0.1, 0.15) is 11.6 Å². The quantitative estimate of drug-likeness (QED) is 0.690. The van der Waals surface area contributed by atoms with E-state index < -0.39 is 20.6 Å². The molecule has 0 fully saturated rings. The van der Waals surface area contributed by atoms with Crippen molar-refractivity contribution in [2.75, 3.05) is 0 Å². The average molecular weight is 210 g/mol. The van der Waals surface area contributed by atoms with Crippen LogP contribution in [0.1, 0.15) is 5.69 Å². The van der Waals surface area contributed by atoms with Crippen LogP contribution >= 0.6 is 10.7 Å². The van der Waals surface area contributed by atoms with Crippen LogP contribution in [0.4, 0.5) is 4.39 Å². The van der Waals surface area contributed by atoms with Crippen molar-refractivity contribution in [3.8, 4) is 0 Å². The normalized spacial score (nSPS) is 11.5. The number of rotatable bonds is 2. The Morgan fingerprint density at radius 2 is 2.25 bits per heavy atom. The molecule has 0 radical (unpaired) electrons. The third-order valence-electron chi connectivity index (χ3n) is 1.10. The Kier molecular flexibility index (Phi) is 2.64. The van der Waals surface area contributed by atoms with Crippen molar-refractivity contribution in [1.82, 2.24) is 4.98 Å². The van der Waals surface area contributed by atoms with Gasteiger partial charge in [-0.05, 0) is 12.1 Å². The van der Waals surface area contributed by atoms with Gasteiger partial charge in [0.25, 0.3) is 0 Å². The molecule has 1 heterocycles. The highest BCUT2D eigenvalue weighted by Crippen LogP contribution is 2.07. The van der Waals surface area contributed by atoms with Gasteiger partial charge in [-0.25, -0.2) is 12.8 Å². The molecule has 0 unspecified atom stereocenters. The number of hydrogen-bond acceptors (Lipinski definition) is 3. The topological polar surface area (TPSA) is 47.0 Å². The van der Waals surface area contributed by atoms with Crippen LogP contribution in [-0.2, 0) is 14.8 Å². The van der Waals surface area contributed by atoms with E-state index in [4.69, 9.17) is 10.7 Å². The minimum absolute atomic E-state index is 0.102. The van der Waals surface area contributed by atoms with E-state index in [0.29, 0.717) is 0 Å². The van der Waals surface area contributed by atoms with E-state index in [9.17, 15) is 12.8 Å². The molecule has 0 aliphatic rings. The van der Waals surface area contributed by atoms with Gasteiger partial charge in [0.2, 0.25) is 9.05 Å².